The van der Waals surface area contributed by atoms with Crippen LogP contribution in [0.4, 0.5) is 18.9 Å². The van der Waals surface area contributed by atoms with Crippen molar-refractivity contribution in [3.8, 4) is 0 Å². The SMILES string of the molecule is Fc1cc(F)c(N2CCCC(NC3CC3)C2)c(F)c1. The normalized spacial score (nSPS) is 23.7. The standard InChI is InChI=1S/C14H17F3N2/c15-9-6-12(16)14(13(17)7-9)19-5-1-2-11(8-19)18-10-3-4-10/h6-7,10-11,18H,1-5,8H2. The topological polar surface area (TPSA) is 15.3 Å². The first kappa shape index (κ1) is 12.8. The molecule has 2 aliphatic rings. The highest BCUT2D eigenvalue weighted by Gasteiger charge is 2.29. The molecule has 0 spiro atoms. The summed E-state index contributed by atoms with van der Waals surface area (Å²) in [5, 5.41) is 3.48. The van der Waals surface area contributed by atoms with Crippen LogP contribution in [0, 0.1) is 17.5 Å². The Morgan fingerprint density at radius 3 is 2.32 bits per heavy atom. The van der Waals surface area contributed by atoms with Crippen LogP contribution < -0.4 is 10.2 Å². The maximum atomic E-state index is 13.8. The van der Waals surface area contributed by atoms with E-state index in [1.807, 2.05) is 0 Å². The summed E-state index contributed by atoms with van der Waals surface area (Å²) in [7, 11) is 0. The summed E-state index contributed by atoms with van der Waals surface area (Å²) < 4.78 is 40.4. The third-order valence-corrected chi connectivity index (χ3v) is 3.77. The summed E-state index contributed by atoms with van der Waals surface area (Å²) in [6.45, 7) is 1.19. The number of nitrogens with one attached hydrogen (secondary N) is 1. The van der Waals surface area contributed by atoms with Gasteiger partial charge in [-0.2, -0.15) is 0 Å². The number of benzene rings is 1. The van der Waals surface area contributed by atoms with Gasteiger partial charge in [0.25, 0.3) is 0 Å². The molecule has 1 aromatic carbocycles. The second-order valence-electron chi connectivity index (χ2n) is 5.44. The molecule has 2 nitrogen and oxygen atoms in total. The summed E-state index contributed by atoms with van der Waals surface area (Å²) in [6.07, 6.45) is 4.30. The fourth-order valence-corrected chi connectivity index (χ4v) is 2.74. The number of anilines is 1. The van der Waals surface area contributed by atoms with E-state index >= 15 is 0 Å². The van der Waals surface area contributed by atoms with Gasteiger partial charge in [0.15, 0.2) is 11.6 Å². The van der Waals surface area contributed by atoms with Crippen LogP contribution in [0.1, 0.15) is 25.7 Å². The average Bonchev–Trinajstić information content (AvgIpc) is 3.12. The lowest BCUT2D eigenvalue weighted by Gasteiger charge is -2.35. The van der Waals surface area contributed by atoms with E-state index in [1.54, 1.807) is 4.90 Å². The van der Waals surface area contributed by atoms with Crippen LogP contribution in [0.15, 0.2) is 12.1 Å². The molecule has 0 radical (unpaired) electrons. The Bertz CT molecular complexity index is 451. The van der Waals surface area contributed by atoms with E-state index in [9.17, 15) is 13.2 Å². The van der Waals surface area contributed by atoms with Crippen molar-refractivity contribution in [2.24, 2.45) is 0 Å². The Morgan fingerprint density at radius 1 is 1.00 bits per heavy atom. The maximum absolute atomic E-state index is 13.8. The molecule has 1 aliphatic heterocycles. The first-order valence-corrected chi connectivity index (χ1v) is 6.79. The number of hydrogen-bond donors (Lipinski definition) is 1. The largest absolute Gasteiger partial charge is 0.365 e. The zero-order valence-electron chi connectivity index (χ0n) is 10.6. The van der Waals surface area contributed by atoms with Gasteiger partial charge in [-0.15, -0.1) is 0 Å². The first-order chi connectivity index (χ1) is 9.13. The Kier molecular flexibility index (Phi) is 3.39. The molecule has 19 heavy (non-hydrogen) atoms. The van der Waals surface area contributed by atoms with Crippen LogP contribution >= 0.6 is 0 Å². The van der Waals surface area contributed by atoms with E-state index < -0.39 is 17.5 Å². The molecule has 1 aromatic rings. The van der Waals surface area contributed by atoms with Crippen molar-refractivity contribution in [1.82, 2.24) is 5.32 Å². The van der Waals surface area contributed by atoms with Gasteiger partial charge in [-0.3, -0.25) is 0 Å². The van der Waals surface area contributed by atoms with E-state index in [0.717, 1.165) is 25.0 Å². The van der Waals surface area contributed by atoms with Crippen LogP contribution in [0.5, 0.6) is 0 Å². The van der Waals surface area contributed by atoms with Crippen LogP contribution in [0.2, 0.25) is 0 Å². The minimum Gasteiger partial charge on any atom is -0.365 e. The van der Waals surface area contributed by atoms with Crippen molar-refractivity contribution in [3.63, 3.8) is 0 Å². The van der Waals surface area contributed by atoms with E-state index in [4.69, 9.17) is 0 Å². The molecule has 1 saturated heterocycles. The minimum atomic E-state index is -0.872. The molecule has 0 bridgehead atoms. The van der Waals surface area contributed by atoms with Gasteiger partial charge in [0.05, 0.1) is 0 Å². The molecule has 0 amide bonds. The minimum absolute atomic E-state index is 0.0938. The molecule has 1 N–H and O–H groups in total. The number of halogens is 3. The van der Waals surface area contributed by atoms with Gasteiger partial charge in [-0.05, 0) is 25.7 Å². The van der Waals surface area contributed by atoms with Crippen LogP contribution in [0.3, 0.4) is 0 Å². The van der Waals surface area contributed by atoms with Crippen molar-refractivity contribution >= 4 is 5.69 Å². The number of piperidine rings is 1. The van der Waals surface area contributed by atoms with Gasteiger partial charge < -0.3 is 10.2 Å². The molecular weight excluding hydrogens is 253 g/mol. The molecular formula is C14H17F3N2. The highest BCUT2D eigenvalue weighted by atomic mass is 19.1. The van der Waals surface area contributed by atoms with E-state index in [0.29, 0.717) is 19.1 Å². The second-order valence-corrected chi connectivity index (χ2v) is 5.44. The molecule has 2 fully saturated rings. The van der Waals surface area contributed by atoms with Gasteiger partial charge in [-0.25, -0.2) is 13.2 Å². The lowest BCUT2D eigenvalue weighted by Crippen LogP contribution is -2.47. The third-order valence-electron chi connectivity index (χ3n) is 3.77. The second kappa shape index (κ2) is 5.04. The fraction of sp³-hybridized carbons (Fsp3) is 0.571. The first-order valence-electron chi connectivity index (χ1n) is 6.79. The van der Waals surface area contributed by atoms with Gasteiger partial charge in [0.1, 0.15) is 11.5 Å². The zero-order valence-corrected chi connectivity index (χ0v) is 10.6. The number of nitrogens with zero attached hydrogens (tertiary/aromatic N) is 1. The Hall–Kier alpha value is -1.23. The van der Waals surface area contributed by atoms with E-state index in [-0.39, 0.29) is 11.7 Å². The van der Waals surface area contributed by atoms with Gasteiger partial charge >= 0.3 is 0 Å². The van der Waals surface area contributed by atoms with E-state index in [2.05, 4.69) is 5.32 Å². The molecule has 1 aliphatic carbocycles. The molecule has 104 valence electrons. The summed E-state index contributed by atoms with van der Waals surface area (Å²) >= 11 is 0. The predicted octanol–water partition coefficient (Wildman–Crippen LogP) is 2.82. The van der Waals surface area contributed by atoms with Gasteiger partial charge in [0.2, 0.25) is 0 Å². The Balaban J connectivity index is 1.77. The lowest BCUT2D eigenvalue weighted by molar-refractivity contribution is 0.412. The van der Waals surface area contributed by atoms with Crippen LogP contribution in [-0.4, -0.2) is 25.2 Å². The molecule has 1 saturated carbocycles. The molecule has 5 heteroatoms. The Labute approximate surface area is 110 Å². The zero-order chi connectivity index (χ0) is 13.4. The number of rotatable bonds is 3. The highest BCUT2D eigenvalue weighted by molar-refractivity contribution is 5.50. The average molecular weight is 270 g/mol. The van der Waals surface area contributed by atoms with Gasteiger partial charge in [-0.1, -0.05) is 0 Å². The lowest BCUT2D eigenvalue weighted by atomic mass is 10.0. The molecule has 1 heterocycles. The summed E-state index contributed by atoms with van der Waals surface area (Å²) in [4.78, 5) is 1.69. The Morgan fingerprint density at radius 2 is 1.68 bits per heavy atom. The van der Waals surface area contributed by atoms with Crippen molar-refractivity contribution < 1.29 is 13.2 Å². The summed E-state index contributed by atoms with van der Waals surface area (Å²) in [5.41, 5.74) is -0.0938. The molecule has 0 aromatic heterocycles. The predicted molar refractivity (Wildman–Crippen MR) is 67.7 cm³/mol. The number of hydrogen-bond acceptors (Lipinski definition) is 2. The fourth-order valence-electron chi connectivity index (χ4n) is 2.74. The maximum Gasteiger partial charge on any atom is 0.152 e. The summed E-state index contributed by atoms with van der Waals surface area (Å²) in [5.74, 6) is -2.50. The monoisotopic (exact) mass is 270 g/mol. The summed E-state index contributed by atoms with van der Waals surface area (Å²) in [6, 6.07) is 2.34. The van der Waals surface area contributed by atoms with Crippen molar-refractivity contribution in [2.75, 3.05) is 18.0 Å². The smallest absolute Gasteiger partial charge is 0.152 e. The molecule has 1 atom stereocenters. The quantitative estimate of drug-likeness (QED) is 0.908. The van der Waals surface area contributed by atoms with Crippen LogP contribution in [0.25, 0.3) is 0 Å². The van der Waals surface area contributed by atoms with Crippen molar-refractivity contribution in [1.29, 1.82) is 0 Å². The van der Waals surface area contributed by atoms with Crippen molar-refractivity contribution in [3.05, 3.63) is 29.6 Å². The van der Waals surface area contributed by atoms with Gasteiger partial charge in [0, 0.05) is 37.3 Å². The highest BCUT2D eigenvalue weighted by Crippen LogP contribution is 2.28. The molecule has 3 rings (SSSR count). The van der Waals surface area contributed by atoms with Crippen LogP contribution in [-0.2, 0) is 0 Å². The third kappa shape index (κ3) is 2.86. The molecule has 1 unspecified atom stereocenters. The van der Waals surface area contributed by atoms with E-state index in [1.165, 1.54) is 12.8 Å². The van der Waals surface area contributed by atoms with Crippen molar-refractivity contribution in [2.45, 2.75) is 37.8 Å².